The molecule has 0 amide bonds. The monoisotopic (exact) mass is 334 g/mol. The Kier molecular flexibility index (Phi) is 12.7. The van der Waals surface area contributed by atoms with Gasteiger partial charge in [-0.25, -0.2) is 9.97 Å². The molecule has 0 saturated carbocycles. The molecule has 1 fully saturated rings. The van der Waals surface area contributed by atoms with E-state index in [0.717, 1.165) is 30.2 Å². The zero-order valence-electron chi connectivity index (χ0n) is 16.0. The van der Waals surface area contributed by atoms with Crippen molar-refractivity contribution in [3.63, 3.8) is 0 Å². The lowest BCUT2D eigenvalue weighted by Gasteiger charge is -2.28. The molecular formula is C18H33BN3S. The molecule has 2 aromatic heterocycles. The number of hydrogen-bond donors (Lipinski definition) is 0. The van der Waals surface area contributed by atoms with Crippen LogP contribution in [0.25, 0.3) is 10.2 Å². The van der Waals surface area contributed by atoms with Crippen LogP contribution in [0, 0.1) is 6.92 Å². The van der Waals surface area contributed by atoms with Crippen LogP contribution in [0.5, 0.6) is 0 Å². The second-order valence-electron chi connectivity index (χ2n) is 4.85. The van der Waals surface area contributed by atoms with E-state index in [9.17, 15) is 0 Å². The Balaban J connectivity index is 0.000000609. The van der Waals surface area contributed by atoms with E-state index < -0.39 is 0 Å². The first kappa shape index (κ1) is 21.9. The van der Waals surface area contributed by atoms with Crippen molar-refractivity contribution in [1.82, 2.24) is 9.97 Å². The summed E-state index contributed by atoms with van der Waals surface area (Å²) in [6, 6.07) is 2.09. The molecule has 0 unspecified atom stereocenters. The average molecular weight is 334 g/mol. The van der Waals surface area contributed by atoms with E-state index in [1.807, 2.05) is 55.5 Å². The van der Waals surface area contributed by atoms with Gasteiger partial charge in [0.25, 0.3) is 0 Å². The molecule has 0 spiro atoms. The highest BCUT2D eigenvalue weighted by Crippen LogP contribution is 2.30. The first-order valence-electron chi connectivity index (χ1n) is 8.97. The zero-order valence-corrected chi connectivity index (χ0v) is 16.8. The summed E-state index contributed by atoms with van der Waals surface area (Å²) in [6.07, 6.45) is 3.93. The van der Waals surface area contributed by atoms with Crippen molar-refractivity contribution < 1.29 is 0 Å². The summed E-state index contributed by atoms with van der Waals surface area (Å²) in [5, 5.41) is 2.10. The van der Waals surface area contributed by atoms with Gasteiger partial charge >= 0.3 is 0 Å². The maximum Gasteiger partial charge on any atom is 0.150 e. The molecule has 0 bridgehead atoms. The molecule has 3 rings (SSSR count). The molecule has 0 aromatic carbocycles. The molecule has 1 aliphatic rings. The van der Waals surface area contributed by atoms with Crippen LogP contribution in [-0.2, 0) is 0 Å². The van der Waals surface area contributed by atoms with Crippen molar-refractivity contribution in [1.29, 1.82) is 0 Å². The lowest BCUT2D eigenvalue weighted by molar-refractivity contribution is 0.574. The van der Waals surface area contributed by atoms with Crippen LogP contribution in [0.3, 0.4) is 0 Å². The fourth-order valence-corrected chi connectivity index (χ4v) is 3.13. The highest BCUT2D eigenvalue weighted by molar-refractivity contribution is 7.17. The van der Waals surface area contributed by atoms with Crippen molar-refractivity contribution in [2.75, 3.05) is 18.0 Å². The van der Waals surface area contributed by atoms with Crippen molar-refractivity contribution in [3.05, 3.63) is 17.3 Å². The Morgan fingerprint density at radius 2 is 1.57 bits per heavy atom. The predicted octanol–water partition coefficient (Wildman–Crippen LogP) is 5.83. The predicted molar refractivity (Wildman–Crippen MR) is 108 cm³/mol. The number of fused-ring (bicyclic) bond motifs is 1. The van der Waals surface area contributed by atoms with E-state index in [-0.39, 0.29) is 0 Å². The fraction of sp³-hybridized carbons (Fsp3) is 0.667. The summed E-state index contributed by atoms with van der Waals surface area (Å²) >= 11 is 1.75. The van der Waals surface area contributed by atoms with Crippen LogP contribution in [0.1, 0.15) is 52.8 Å². The number of piperidine rings is 1. The van der Waals surface area contributed by atoms with Crippen LogP contribution < -0.4 is 4.90 Å². The van der Waals surface area contributed by atoms with Gasteiger partial charge in [0, 0.05) is 13.1 Å². The molecule has 0 atom stereocenters. The third-order valence-corrected chi connectivity index (χ3v) is 3.95. The molecule has 1 radical (unpaired) electrons. The van der Waals surface area contributed by atoms with E-state index in [1.54, 1.807) is 11.3 Å². The van der Waals surface area contributed by atoms with Crippen molar-refractivity contribution in [3.8, 4) is 0 Å². The van der Waals surface area contributed by atoms with Gasteiger partial charge in [-0.05, 0) is 37.6 Å². The van der Waals surface area contributed by atoms with Gasteiger partial charge in [0.1, 0.15) is 18.9 Å². The number of aromatic nitrogens is 2. The van der Waals surface area contributed by atoms with Crippen LogP contribution in [0.15, 0.2) is 11.4 Å². The Bertz CT molecular complexity index is 522. The quantitative estimate of drug-likeness (QED) is 0.614. The number of thiophene rings is 1. The lowest BCUT2D eigenvalue weighted by Crippen LogP contribution is -2.30. The number of anilines is 1. The maximum absolute atomic E-state index is 4.62. The zero-order chi connectivity index (χ0) is 17.7. The van der Waals surface area contributed by atoms with Gasteiger partial charge in [0.15, 0.2) is 0 Å². The molecule has 1 saturated heterocycles. The van der Waals surface area contributed by atoms with Crippen molar-refractivity contribution >= 4 is 34.7 Å². The van der Waals surface area contributed by atoms with Gasteiger partial charge in [-0.3, -0.25) is 0 Å². The van der Waals surface area contributed by atoms with Gasteiger partial charge < -0.3 is 4.90 Å². The minimum atomic E-state index is 0.881. The molecule has 1 aliphatic heterocycles. The Morgan fingerprint density at radius 3 is 2.13 bits per heavy atom. The van der Waals surface area contributed by atoms with E-state index in [2.05, 4.69) is 26.3 Å². The van der Waals surface area contributed by atoms with Gasteiger partial charge in [0.2, 0.25) is 0 Å². The summed E-state index contributed by atoms with van der Waals surface area (Å²) in [4.78, 5) is 11.5. The minimum absolute atomic E-state index is 0.881. The molecule has 3 heterocycles. The number of nitrogens with zero attached hydrogens (tertiary/aromatic N) is 3. The smallest absolute Gasteiger partial charge is 0.150 e. The van der Waals surface area contributed by atoms with Crippen LogP contribution in [0.2, 0.25) is 13.6 Å². The van der Waals surface area contributed by atoms with Gasteiger partial charge in [-0.1, -0.05) is 41.3 Å². The normalized spacial score (nSPS) is 12.9. The molecular weight excluding hydrogens is 301 g/mol. The molecule has 2 aromatic rings. The van der Waals surface area contributed by atoms with Crippen molar-refractivity contribution in [2.24, 2.45) is 0 Å². The third kappa shape index (κ3) is 6.90. The van der Waals surface area contributed by atoms with E-state index in [0.29, 0.717) is 0 Å². The SMILES string of the molecule is CC.CC.C[B]C.Cc1nc(N2CCCCC2)c2sccc2n1. The fourth-order valence-electron chi connectivity index (χ4n) is 2.28. The first-order chi connectivity index (χ1) is 11.3. The number of rotatable bonds is 1. The molecule has 3 nitrogen and oxygen atoms in total. The Morgan fingerprint density at radius 1 is 1.00 bits per heavy atom. The van der Waals surface area contributed by atoms with Crippen LogP contribution >= 0.6 is 11.3 Å². The average Bonchev–Trinajstić information content (AvgIpc) is 3.07. The molecule has 0 aliphatic carbocycles. The largest absolute Gasteiger partial charge is 0.355 e. The standard InChI is InChI=1S/C12H15N3S.C2H6B.2C2H6/c1-9-13-10-5-8-16-11(10)12(14-9)15-6-3-2-4-7-15;1-3-2;2*1-2/h5,8H,2-4,6-7H2,1H3;1-2H3;2*1-2H3. The van der Waals surface area contributed by atoms with Gasteiger partial charge in [0.05, 0.1) is 10.2 Å². The number of aryl methyl sites for hydroxylation is 1. The van der Waals surface area contributed by atoms with Gasteiger partial charge in [-0.15, -0.1) is 11.3 Å². The van der Waals surface area contributed by atoms with E-state index in [4.69, 9.17) is 0 Å². The molecule has 0 N–H and O–H groups in total. The summed E-state index contributed by atoms with van der Waals surface area (Å²) in [5.74, 6) is 2.03. The molecule has 5 heteroatoms. The molecule has 23 heavy (non-hydrogen) atoms. The summed E-state index contributed by atoms with van der Waals surface area (Å²) in [6.45, 7) is 16.3. The van der Waals surface area contributed by atoms with Crippen molar-refractivity contribution in [2.45, 2.75) is 67.5 Å². The number of hydrogen-bond acceptors (Lipinski definition) is 4. The van der Waals surface area contributed by atoms with E-state index >= 15 is 0 Å². The van der Waals surface area contributed by atoms with Crippen LogP contribution in [0.4, 0.5) is 5.82 Å². The second kappa shape index (κ2) is 13.4. The summed E-state index contributed by atoms with van der Waals surface area (Å²) in [5.41, 5.74) is 1.10. The lowest BCUT2D eigenvalue weighted by atomic mass is 9.88. The maximum atomic E-state index is 4.62. The topological polar surface area (TPSA) is 29.0 Å². The Hall–Kier alpha value is -1.10. The van der Waals surface area contributed by atoms with Gasteiger partial charge in [-0.2, -0.15) is 0 Å². The second-order valence-corrected chi connectivity index (χ2v) is 5.77. The third-order valence-electron chi connectivity index (χ3n) is 3.05. The highest BCUT2D eigenvalue weighted by Gasteiger charge is 2.16. The summed E-state index contributed by atoms with van der Waals surface area (Å²) < 4.78 is 1.24. The van der Waals surface area contributed by atoms with E-state index in [1.165, 1.54) is 24.0 Å². The minimum Gasteiger partial charge on any atom is -0.355 e. The first-order valence-corrected chi connectivity index (χ1v) is 9.85. The molecule has 129 valence electrons. The Labute approximate surface area is 147 Å². The van der Waals surface area contributed by atoms with Crippen LogP contribution in [-0.4, -0.2) is 30.3 Å². The summed E-state index contributed by atoms with van der Waals surface area (Å²) in [7, 11) is 2.00. The highest BCUT2D eigenvalue weighted by atomic mass is 32.1.